The molecular weight excluding hydrogens is 377 g/mol. The molecule has 0 atom stereocenters. The number of hydrogen-bond acceptors (Lipinski definition) is 2. The zero-order chi connectivity index (χ0) is 19.3. The summed E-state index contributed by atoms with van der Waals surface area (Å²) >= 11 is 6.02. The zero-order valence-corrected chi connectivity index (χ0v) is 15.2. The van der Waals surface area contributed by atoms with Gasteiger partial charge in [0, 0.05) is 28.0 Å². The highest BCUT2D eigenvalue weighted by molar-refractivity contribution is 6.35. The third-order valence-corrected chi connectivity index (χ3v) is 4.98. The fraction of sp³-hybridized carbons (Fsp3) is 0. The average Bonchev–Trinajstić information content (AvgIpc) is 3.21. The van der Waals surface area contributed by atoms with Crippen molar-refractivity contribution >= 4 is 40.5 Å². The molecule has 1 N–H and O–H groups in total. The van der Waals surface area contributed by atoms with Crippen molar-refractivity contribution in [3.05, 3.63) is 89.0 Å². The molecule has 136 valence electrons. The van der Waals surface area contributed by atoms with Gasteiger partial charge in [-0.15, -0.1) is 0 Å². The average molecular weight is 390 g/mol. The second-order valence-corrected chi connectivity index (χ2v) is 6.92. The molecule has 1 aliphatic heterocycles. The number of carbonyl (C=O) groups is 1. The van der Waals surface area contributed by atoms with Gasteiger partial charge in [0.2, 0.25) is 0 Å². The highest BCUT2D eigenvalue weighted by Crippen LogP contribution is 2.35. The second-order valence-electron chi connectivity index (χ2n) is 6.48. The molecule has 5 rings (SSSR count). The van der Waals surface area contributed by atoms with E-state index in [-0.39, 0.29) is 5.91 Å². The summed E-state index contributed by atoms with van der Waals surface area (Å²) in [6, 6.07) is 17.3. The maximum atomic E-state index is 13.8. The number of halogens is 2. The first-order valence-corrected chi connectivity index (χ1v) is 9.04. The number of fused-ring (bicyclic) bond motifs is 2. The lowest BCUT2D eigenvalue weighted by Gasteiger charge is -2.03. The van der Waals surface area contributed by atoms with Gasteiger partial charge in [-0.2, -0.15) is 0 Å². The summed E-state index contributed by atoms with van der Waals surface area (Å²) in [7, 11) is 0. The Morgan fingerprint density at radius 1 is 1.07 bits per heavy atom. The van der Waals surface area contributed by atoms with Crippen LogP contribution >= 0.6 is 11.6 Å². The summed E-state index contributed by atoms with van der Waals surface area (Å²) in [4.78, 5) is 17.3. The van der Waals surface area contributed by atoms with E-state index in [0.29, 0.717) is 27.5 Å². The highest BCUT2D eigenvalue weighted by Gasteiger charge is 2.26. The number of benzene rings is 2. The minimum atomic E-state index is -0.391. The maximum Gasteiger partial charge on any atom is 0.256 e. The SMILES string of the molecule is O=C1Nc2ccc(F)cc2/C1=C\c1c(-c2ccc(Cl)cc2)nc2ccccn12. The summed E-state index contributed by atoms with van der Waals surface area (Å²) in [5.74, 6) is -0.661. The first kappa shape index (κ1) is 16.7. The minimum Gasteiger partial charge on any atom is -0.321 e. The Balaban J connectivity index is 1.77. The van der Waals surface area contributed by atoms with Gasteiger partial charge in [-0.25, -0.2) is 9.37 Å². The van der Waals surface area contributed by atoms with Gasteiger partial charge < -0.3 is 5.32 Å². The Morgan fingerprint density at radius 3 is 2.71 bits per heavy atom. The number of anilines is 1. The van der Waals surface area contributed by atoms with Crippen LogP contribution in [-0.4, -0.2) is 15.3 Å². The lowest BCUT2D eigenvalue weighted by Crippen LogP contribution is -2.04. The van der Waals surface area contributed by atoms with E-state index < -0.39 is 5.82 Å². The molecule has 0 radical (unpaired) electrons. The van der Waals surface area contributed by atoms with Gasteiger partial charge in [0.1, 0.15) is 11.5 Å². The van der Waals surface area contributed by atoms with E-state index in [2.05, 4.69) is 5.32 Å². The van der Waals surface area contributed by atoms with E-state index in [1.807, 2.05) is 40.9 Å². The number of pyridine rings is 1. The molecule has 2 aromatic heterocycles. The molecule has 0 saturated heterocycles. The summed E-state index contributed by atoms with van der Waals surface area (Å²) in [6.45, 7) is 0. The summed E-state index contributed by atoms with van der Waals surface area (Å²) < 4.78 is 15.7. The Kier molecular flexibility index (Phi) is 3.77. The Hall–Kier alpha value is -3.44. The smallest absolute Gasteiger partial charge is 0.256 e. The third kappa shape index (κ3) is 2.68. The molecule has 1 aliphatic rings. The topological polar surface area (TPSA) is 46.4 Å². The summed E-state index contributed by atoms with van der Waals surface area (Å²) in [6.07, 6.45) is 3.64. The Labute approximate surface area is 164 Å². The first-order chi connectivity index (χ1) is 13.6. The van der Waals surface area contributed by atoms with Gasteiger partial charge in [-0.05, 0) is 48.5 Å². The lowest BCUT2D eigenvalue weighted by molar-refractivity contribution is -0.110. The predicted molar refractivity (Wildman–Crippen MR) is 109 cm³/mol. The van der Waals surface area contributed by atoms with E-state index >= 15 is 0 Å². The van der Waals surface area contributed by atoms with Gasteiger partial charge in [-0.1, -0.05) is 29.8 Å². The van der Waals surface area contributed by atoms with Gasteiger partial charge in [0.05, 0.1) is 17.0 Å². The highest BCUT2D eigenvalue weighted by atomic mass is 35.5. The lowest BCUT2D eigenvalue weighted by atomic mass is 10.0. The number of carbonyl (C=O) groups excluding carboxylic acids is 1. The van der Waals surface area contributed by atoms with Crippen LogP contribution in [0.25, 0.3) is 28.6 Å². The second kappa shape index (κ2) is 6.32. The number of nitrogens with zero attached hydrogens (tertiary/aromatic N) is 2. The van der Waals surface area contributed by atoms with Gasteiger partial charge in [0.25, 0.3) is 5.91 Å². The van der Waals surface area contributed by atoms with Crippen LogP contribution in [0.4, 0.5) is 10.1 Å². The predicted octanol–water partition coefficient (Wildman–Crippen LogP) is 5.29. The standard InChI is InChI=1S/C22H13ClFN3O/c23-14-6-4-13(5-7-14)21-19(27-10-2-1-3-20(27)26-21)12-17-16-11-15(24)8-9-18(16)25-22(17)28/h1-12H,(H,25,28)/b17-12+. The maximum absolute atomic E-state index is 13.8. The van der Waals surface area contributed by atoms with Crippen LogP contribution in [0, 0.1) is 5.82 Å². The fourth-order valence-electron chi connectivity index (χ4n) is 3.41. The van der Waals surface area contributed by atoms with Crippen molar-refractivity contribution in [1.29, 1.82) is 0 Å². The molecule has 0 saturated carbocycles. The van der Waals surface area contributed by atoms with E-state index in [4.69, 9.17) is 16.6 Å². The molecule has 1 amide bonds. The van der Waals surface area contributed by atoms with Crippen molar-refractivity contribution in [1.82, 2.24) is 9.38 Å². The van der Waals surface area contributed by atoms with Crippen LogP contribution in [0.1, 0.15) is 11.3 Å². The molecule has 28 heavy (non-hydrogen) atoms. The molecular formula is C22H13ClFN3O. The quantitative estimate of drug-likeness (QED) is 0.474. The number of aromatic nitrogens is 2. The van der Waals surface area contributed by atoms with Crippen molar-refractivity contribution in [3.63, 3.8) is 0 Å². The molecule has 4 aromatic rings. The third-order valence-electron chi connectivity index (χ3n) is 4.73. The van der Waals surface area contributed by atoms with Crippen LogP contribution < -0.4 is 5.32 Å². The molecule has 6 heteroatoms. The number of amides is 1. The van der Waals surface area contributed by atoms with E-state index in [9.17, 15) is 9.18 Å². The molecule has 0 fully saturated rings. The Bertz CT molecular complexity index is 1270. The van der Waals surface area contributed by atoms with Gasteiger partial charge in [0.15, 0.2) is 0 Å². The van der Waals surface area contributed by atoms with Crippen molar-refractivity contribution in [2.75, 3.05) is 5.32 Å². The molecule has 2 aromatic carbocycles. The molecule has 0 bridgehead atoms. The summed E-state index contributed by atoms with van der Waals surface area (Å²) in [5.41, 5.74) is 4.61. The van der Waals surface area contributed by atoms with E-state index in [1.165, 1.54) is 12.1 Å². The normalized spacial score (nSPS) is 14.5. The van der Waals surface area contributed by atoms with Gasteiger partial charge in [-0.3, -0.25) is 9.20 Å². The molecule has 4 nitrogen and oxygen atoms in total. The largest absolute Gasteiger partial charge is 0.321 e. The summed E-state index contributed by atoms with van der Waals surface area (Å²) in [5, 5.41) is 3.41. The van der Waals surface area contributed by atoms with Crippen molar-refractivity contribution in [2.24, 2.45) is 0 Å². The molecule has 0 aliphatic carbocycles. The minimum absolute atomic E-state index is 0.270. The van der Waals surface area contributed by atoms with Crippen LogP contribution in [0.2, 0.25) is 5.02 Å². The van der Waals surface area contributed by atoms with Crippen LogP contribution in [0.5, 0.6) is 0 Å². The van der Waals surface area contributed by atoms with Crippen molar-refractivity contribution < 1.29 is 9.18 Å². The number of rotatable bonds is 2. The van der Waals surface area contributed by atoms with Crippen LogP contribution in [-0.2, 0) is 4.79 Å². The molecule has 0 unspecified atom stereocenters. The molecule has 3 heterocycles. The van der Waals surface area contributed by atoms with Gasteiger partial charge >= 0.3 is 0 Å². The number of nitrogens with one attached hydrogen (secondary N) is 1. The molecule has 0 spiro atoms. The number of hydrogen-bond donors (Lipinski definition) is 1. The Morgan fingerprint density at radius 2 is 1.89 bits per heavy atom. The van der Waals surface area contributed by atoms with E-state index in [0.717, 1.165) is 16.9 Å². The fourth-order valence-corrected chi connectivity index (χ4v) is 3.54. The van der Waals surface area contributed by atoms with E-state index in [1.54, 1.807) is 24.3 Å². The monoisotopic (exact) mass is 389 g/mol. The van der Waals surface area contributed by atoms with Crippen LogP contribution in [0.15, 0.2) is 66.9 Å². The zero-order valence-electron chi connectivity index (χ0n) is 14.5. The van der Waals surface area contributed by atoms with Crippen LogP contribution in [0.3, 0.4) is 0 Å². The first-order valence-electron chi connectivity index (χ1n) is 8.66. The van der Waals surface area contributed by atoms with Crippen molar-refractivity contribution in [3.8, 4) is 11.3 Å². The van der Waals surface area contributed by atoms with Crippen molar-refractivity contribution in [2.45, 2.75) is 0 Å². The number of imidazole rings is 1.